The zero-order chi connectivity index (χ0) is 15.2. The minimum Gasteiger partial charge on any atom is -0.359 e. The topological polar surface area (TPSA) is 82.0 Å². The molecule has 0 fully saturated rings. The van der Waals surface area contributed by atoms with Crippen LogP contribution in [0.2, 0.25) is 0 Å². The second-order valence-corrected chi connectivity index (χ2v) is 5.15. The SMILES string of the molecule is CNC(=O)C(C)(C)CNC(=O)C(C#N)c1ccccc1. The van der Waals surface area contributed by atoms with Gasteiger partial charge in [-0.2, -0.15) is 5.26 Å². The summed E-state index contributed by atoms with van der Waals surface area (Å²) in [6.07, 6.45) is 0. The molecule has 2 N–H and O–H groups in total. The van der Waals surface area contributed by atoms with Crippen molar-refractivity contribution in [2.75, 3.05) is 13.6 Å². The van der Waals surface area contributed by atoms with E-state index in [-0.39, 0.29) is 12.5 Å². The molecule has 0 aromatic heterocycles. The Hall–Kier alpha value is -2.35. The monoisotopic (exact) mass is 273 g/mol. The van der Waals surface area contributed by atoms with Crippen molar-refractivity contribution in [3.63, 3.8) is 0 Å². The third-order valence-corrected chi connectivity index (χ3v) is 3.07. The fraction of sp³-hybridized carbons (Fsp3) is 0.400. The van der Waals surface area contributed by atoms with Crippen LogP contribution < -0.4 is 10.6 Å². The summed E-state index contributed by atoms with van der Waals surface area (Å²) in [5.74, 6) is -1.42. The van der Waals surface area contributed by atoms with E-state index in [1.54, 1.807) is 45.2 Å². The van der Waals surface area contributed by atoms with Gasteiger partial charge in [-0.15, -0.1) is 0 Å². The fourth-order valence-corrected chi connectivity index (χ4v) is 1.76. The van der Waals surface area contributed by atoms with Gasteiger partial charge in [-0.25, -0.2) is 0 Å². The van der Waals surface area contributed by atoms with Crippen LogP contribution in [0.4, 0.5) is 0 Å². The van der Waals surface area contributed by atoms with Crippen LogP contribution in [0.3, 0.4) is 0 Å². The predicted octanol–water partition coefficient (Wildman–Crippen LogP) is 1.18. The van der Waals surface area contributed by atoms with E-state index in [1.165, 1.54) is 0 Å². The Morgan fingerprint density at radius 3 is 2.40 bits per heavy atom. The van der Waals surface area contributed by atoms with Crippen molar-refractivity contribution in [3.05, 3.63) is 35.9 Å². The van der Waals surface area contributed by atoms with E-state index >= 15 is 0 Å². The Morgan fingerprint density at radius 1 is 1.30 bits per heavy atom. The van der Waals surface area contributed by atoms with Crippen molar-refractivity contribution in [2.24, 2.45) is 5.41 Å². The number of rotatable bonds is 5. The van der Waals surface area contributed by atoms with Crippen LogP contribution in [0, 0.1) is 16.7 Å². The Balaban J connectivity index is 2.71. The van der Waals surface area contributed by atoms with Gasteiger partial charge in [-0.05, 0) is 19.4 Å². The van der Waals surface area contributed by atoms with E-state index in [0.29, 0.717) is 5.56 Å². The molecule has 0 saturated heterocycles. The van der Waals surface area contributed by atoms with E-state index in [0.717, 1.165) is 0 Å². The zero-order valence-corrected chi connectivity index (χ0v) is 11.9. The van der Waals surface area contributed by atoms with Crippen molar-refractivity contribution >= 4 is 11.8 Å². The second-order valence-electron chi connectivity index (χ2n) is 5.15. The number of nitriles is 1. The van der Waals surface area contributed by atoms with E-state index < -0.39 is 17.2 Å². The number of benzene rings is 1. The molecule has 1 aromatic carbocycles. The van der Waals surface area contributed by atoms with Gasteiger partial charge in [0.1, 0.15) is 5.92 Å². The number of amides is 2. The van der Waals surface area contributed by atoms with E-state index in [2.05, 4.69) is 10.6 Å². The lowest BCUT2D eigenvalue weighted by Gasteiger charge is -2.23. The lowest BCUT2D eigenvalue weighted by Crippen LogP contribution is -2.44. The number of carbonyl (C=O) groups is 2. The first-order valence-electron chi connectivity index (χ1n) is 6.37. The lowest BCUT2D eigenvalue weighted by molar-refractivity contribution is -0.129. The predicted molar refractivity (Wildman–Crippen MR) is 75.7 cm³/mol. The van der Waals surface area contributed by atoms with Gasteiger partial charge in [0, 0.05) is 13.6 Å². The molecule has 1 aromatic rings. The first-order chi connectivity index (χ1) is 9.42. The van der Waals surface area contributed by atoms with Gasteiger partial charge in [0.05, 0.1) is 11.5 Å². The highest BCUT2D eigenvalue weighted by Crippen LogP contribution is 2.17. The minimum absolute atomic E-state index is 0.161. The first kappa shape index (κ1) is 15.7. The quantitative estimate of drug-likeness (QED) is 0.845. The van der Waals surface area contributed by atoms with Crippen LogP contribution in [0.1, 0.15) is 25.3 Å². The van der Waals surface area contributed by atoms with Crippen molar-refractivity contribution in [2.45, 2.75) is 19.8 Å². The van der Waals surface area contributed by atoms with Gasteiger partial charge < -0.3 is 10.6 Å². The molecule has 0 spiro atoms. The number of hydrogen-bond donors (Lipinski definition) is 2. The molecule has 20 heavy (non-hydrogen) atoms. The molecule has 5 heteroatoms. The third kappa shape index (κ3) is 3.82. The summed E-state index contributed by atoms with van der Waals surface area (Å²) < 4.78 is 0. The standard InChI is InChI=1S/C15H19N3O2/c1-15(2,14(20)17-3)10-18-13(19)12(9-16)11-7-5-4-6-8-11/h4-8,12H,10H2,1-3H3,(H,17,20)(H,18,19). The molecule has 5 nitrogen and oxygen atoms in total. The van der Waals surface area contributed by atoms with Crippen LogP contribution in [0.15, 0.2) is 30.3 Å². The summed E-state index contributed by atoms with van der Waals surface area (Å²) in [7, 11) is 1.55. The normalized spacial score (nSPS) is 12.1. The van der Waals surface area contributed by atoms with E-state index in [9.17, 15) is 9.59 Å². The third-order valence-electron chi connectivity index (χ3n) is 3.07. The number of nitrogens with zero attached hydrogens (tertiary/aromatic N) is 1. The van der Waals surface area contributed by atoms with E-state index in [4.69, 9.17) is 5.26 Å². The average Bonchev–Trinajstić information content (AvgIpc) is 2.46. The van der Waals surface area contributed by atoms with Crippen molar-refractivity contribution in [1.82, 2.24) is 10.6 Å². The lowest BCUT2D eigenvalue weighted by atomic mass is 9.91. The van der Waals surface area contributed by atoms with Gasteiger partial charge in [0.2, 0.25) is 11.8 Å². The summed E-state index contributed by atoms with van der Waals surface area (Å²) in [6.45, 7) is 3.64. The maximum absolute atomic E-state index is 12.1. The Labute approximate surface area is 119 Å². The molecule has 0 saturated carbocycles. The number of hydrogen-bond acceptors (Lipinski definition) is 3. The first-order valence-corrected chi connectivity index (χ1v) is 6.37. The highest BCUT2D eigenvalue weighted by Gasteiger charge is 2.29. The molecule has 0 radical (unpaired) electrons. The van der Waals surface area contributed by atoms with Crippen molar-refractivity contribution in [1.29, 1.82) is 5.26 Å². The van der Waals surface area contributed by atoms with Crippen molar-refractivity contribution in [3.8, 4) is 6.07 Å². The zero-order valence-electron chi connectivity index (χ0n) is 11.9. The Morgan fingerprint density at radius 2 is 1.90 bits per heavy atom. The summed E-state index contributed by atoms with van der Waals surface area (Å²) >= 11 is 0. The molecule has 106 valence electrons. The number of carbonyl (C=O) groups excluding carboxylic acids is 2. The smallest absolute Gasteiger partial charge is 0.241 e. The molecule has 1 atom stereocenters. The maximum atomic E-state index is 12.1. The van der Waals surface area contributed by atoms with Crippen molar-refractivity contribution < 1.29 is 9.59 Å². The van der Waals surface area contributed by atoms with Gasteiger partial charge in [-0.3, -0.25) is 9.59 Å². The van der Waals surface area contributed by atoms with Gasteiger partial charge in [-0.1, -0.05) is 30.3 Å². The fourth-order valence-electron chi connectivity index (χ4n) is 1.76. The van der Waals surface area contributed by atoms with Crippen LogP contribution in [-0.2, 0) is 9.59 Å². The van der Waals surface area contributed by atoms with Gasteiger partial charge >= 0.3 is 0 Å². The molecule has 2 amide bonds. The molecule has 0 aliphatic heterocycles. The molecule has 0 bridgehead atoms. The molecule has 0 aliphatic carbocycles. The average molecular weight is 273 g/mol. The minimum atomic E-state index is -0.864. The highest BCUT2D eigenvalue weighted by molar-refractivity contribution is 5.87. The van der Waals surface area contributed by atoms with Crippen LogP contribution in [0.25, 0.3) is 0 Å². The Kier molecular flexibility index (Phi) is 5.27. The van der Waals surface area contributed by atoms with Crippen LogP contribution in [-0.4, -0.2) is 25.4 Å². The molecular weight excluding hydrogens is 254 g/mol. The summed E-state index contributed by atoms with van der Waals surface area (Å²) in [5, 5.41) is 14.4. The largest absolute Gasteiger partial charge is 0.359 e. The molecule has 1 rings (SSSR count). The summed E-state index contributed by atoms with van der Waals surface area (Å²) in [4.78, 5) is 23.7. The highest BCUT2D eigenvalue weighted by atomic mass is 16.2. The molecule has 0 heterocycles. The second kappa shape index (κ2) is 6.71. The van der Waals surface area contributed by atoms with Crippen LogP contribution in [0.5, 0.6) is 0 Å². The summed E-state index contributed by atoms with van der Waals surface area (Å²) in [6, 6.07) is 10.8. The van der Waals surface area contributed by atoms with E-state index in [1.807, 2.05) is 12.1 Å². The molecule has 1 unspecified atom stereocenters. The number of nitrogens with one attached hydrogen (secondary N) is 2. The van der Waals surface area contributed by atoms with Gasteiger partial charge in [0.25, 0.3) is 0 Å². The molecule has 0 aliphatic rings. The molecular formula is C15H19N3O2. The van der Waals surface area contributed by atoms with Crippen LogP contribution >= 0.6 is 0 Å². The Bertz CT molecular complexity index is 518. The van der Waals surface area contributed by atoms with Gasteiger partial charge in [0.15, 0.2) is 0 Å². The summed E-state index contributed by atoms with van der Waals surface area (Å²) in [5.41, 5.74) is -0.0774. The maximum Gasteiger partial charge on any atom is 0.241 e.